The number of hydrogen-bond donors (Lipinski definition) is 1. The highest BCUT2D eigenvalue weighted by atomic mass is 19.1. The number of nitrogens with one attached hydrogen (secondary N) is 1. The fourth-order valence-electron chi connectivity index (χ4n) is 5.19. The topological polar surface area (TPSA) is 35.6 Å². The summed E-state index contributed by atoms with van der Waals surface area (Å²) < 4.78 is 13.0. The molecule has 1 saturated heterocycles. The van der Waals surface area contributed by atoms with Crippen LogP contribution < -0.4 is 10.2 Å². The quantitative estimate of drug-likeness (QED) is 0.803. The molecule has 1 fully saturated rings. The summed E-state index contributed by atoms with van der Waals surface area (Å²) in [6.45, 7) is 3.76. The fraction of sp³-hybridized carbons (Fsp3) is 0.435. The summed E-state index contributed by atoms with van der Waals surface area (Å²) in [5.41, 5.74) is 4.85. The molecule has 0 aliphatic carbocycles. The minimum absolute atomic E-state index is 0.105. The molecule has 1 amide bonds. The van der Waals surface area contributed by atoms with Gasteiger partial charge in [-0.25, -0.2) is 4.39 Å². The number of hydrogen-bond acceptors (Lipinski definition) is 3. The number of likely N-dealkylation sites (tertiary alicyclic amines) is 1. The molecule has 3 heterocycles. The molecule has 28 heavy (non-hydrogen) atoms. The van der Waals surface area contributed by atoms with Crippen molar-refractivity contribution in [2.24, 2.45) is 0 Å². The van der Waals surface area contributed by atoms with E-state index in [2.05, 4.69) is 27.2 Å². The van der Waals surface area contributed by atoms with Crippen molar-refractivity contribution in [3.8, 4) is 0 Å². The number of nitrogens with zero attached hydrogens (tertiary/aromatic N) is 2. The van der Waals surface area contributed by atoms with Gasteiger partial charge in [0.05, 0.1) is 17.9 Å². The van der Waals surface area contributed by atoms with E-state index in [1.807, 2.05) is 18.2 Å². The van der Waals surface area contributed by atoms with Crippen molar-refractivity contribution in [3.63, 3.8) is 0 Å². The number of aryl methyl sites for hydroxylation is 1. The number of para-hydroxylation sites is 1. The maximum absolute atomic E-state index is 13.0. The Labute approximate surface area is 165 Å². The number of piperidine rings is 1. The number of rotatable bonds is 5. The summed E-state index contributed by atoms with van der Waals surface area (Å²) in [4.78, 5) is 17.0. The number of carbonyl (C=O) groups excluding carboxylic acids is 1. The van der Waals surface area contributed by atoms with Crippen molar-refractivity contribution >= 4 is 17.3 Å². The third kappa shape index (κ3) is 3.18. The maximum atomic E-state index is 13.0. The highest BCUT2D eigenvalue weighted by molar-refractivity contribution is 6.03. The average molecular weight is 379 g/mol. The van der Waals surface area contributed by atoms with Crippen LogP contribution in [0.3, 0.4) is 0 Å². The largest absolute Gasteiger partial charge is 0.357 e. The van der Waals surface area contributed by atoms with Crippen LogP contribution in [-0.4, -0.2) is 43.0 Å². The number of amides is 1. The number of benzene rings is 2. The Hall–Kier alpha value is -2.40. The normalized spacial score (nSPS) is 23.3. The van der Waals surface area contributed by atoms with Crippen LogP contribution in [0.15, 0.2) is 42.5 Å². The SMILES string of the molecule is O=C1CN2c3c(cccc3C3CN(CCCCc4ccc(F)cc4)CCC32)N1. The first-order valence-electron chi connectivity index (χ1n) is 10.4. The molecule has 2 atom stereocenters. The van der Waals surface area contributed by atoms with Gasteiger partial charge in [-0.3, -0.25) is 4.79 Å². The number of carbonyl (C=O) groups is 1. The van der Waals surface area contributed by atoms with Crippen LogP contribution in [0.1, 0.15) is 36.3 Å². The highest BCUT2D eigenvalue weighted by Gasteiger charge is 2.44. The van der Waals surface area contributed by atoms with Gasteiger partial charge in [0.1, 0.15) is 5.82 Å². The number of unbranched alkanes of at least 4 members (excludes halogenated alkanes) is 1. The lowest BCUT2D eigenvalue weighted by molar-refractivity contribution is -0.115. The minimum Gasteiger partial charge on any atom is -0.357 e. The van der Waals surface area contributed by atoms with E-state index in [4.69, 9.17) is 0 Å². The summed E-state index contributed by atoms with van der Waals surface area (Å²) in [5, 5.41) is 3.04. The van der Waals surface area contributed by atoms with E-state index in [9.17, 15) is 9.18 Å². The van der Waals surface area contributed by atoms with Crippen molar-refractivity contribution in [1.29, 1.82) is 0 Å². The lowest BCUT2D eigenvalue weighted by atomic mass is 9.89. The van der Waals surface area contributed by atoms with Gasteiger partial charge in [-0.1, -0.05) is 24.3 Å². The summed E-state index contributed by atoms with van der Waals surface area (Å²) in [5.74, 6) is 0.434. The molecule has 0 aromatic heterocycles. The molecule has 2 aromatic carbocycles. The molecule has 5 heteroatoms. The molecular weight excluding hydrogens is 353 g/mol. The van der Waals surface area contributed by atoms with Gasteiger partial charge in [-0.05, 0) is 61.6 Å². The van der Waals surface area contributed by atoms with E-state index in [-0.39, 0.29) is 11.7 Å². The van der Waals surface area contributed by atoms with E-state index in [1.54, 1.807) is 12.1 Å². The van der Waals surface area contributed by atoms with Gasteiger partial charge in [0.15, 0.2) is 0 Å². The molecule has 1 N–H and O–H groups in total. The first-order chi connectivity index (χ1) is 13.7. The molecule has 2 aromatic rings. The smallest absolute Gasteiger partial charge is 0.243 e. The molecule has 0 bridgehead atoms. The summed E-state index contributed by atoms with van der Waals surface area (Å²) in [6, 6.07) is 13.7. The molecule has 2 unspecified atom stereocenters. The Morgan fingerprint density at radius 2 is 1.96 bits per heavy atom. The summed E-state index contributed by atoms with van der Waals surface area (Å²) in [6.07, 6.45) is 4.41. The first kappa shape index (κ1) is 17.7. The molecule has 146 valence electrons. The fourth-order valence-corrected chi connectivity index (χ4v) is 5.19. The highest BCUT2D eigenvalue weighted by Crippen LogP contribution is 2.49. The van der Waals surface area contributed by atoms with Gasteiger partial charge in [0, 0.05) is 25.0 Å². The second-order valence-corrected chi connectivity index (χ2v) is 8.27. The van der Waals surface area contributed by atoms with Gasteiger partial charge in [0.2, 0.25) is 5.91 Å². The molecule has 0 saturated carbocycles. The van der Waals surface area contributed by atoms with Crippen LogP contribution in [0.4, 0.5) is 15.8 Å². The Kier molecular flexibility index (Phi) is 4.55. The van der Waals surface area contributed by atoms with Crippen LogP contribution in [-0.2, 0) is 11.2 Å². The predicted molar refractivity (Wildman–Crippen MR) is 109 cm³/mol. The molecule has 0 radical (unpaired) electrons. The van der Waals surface area contributed by atoms with Crippen LogP contribution in [0.2, 0.25) is 0 Å². The van der Waals surface area contributed by atoms with Crippen LogP contribution in [0.5, 0.6) is 0 Å². The van der Waals surface area contributed by atoms with Crippen LogP contribution in [0.25, 0.3) is 0 Å². The third-order valence-electron chi connectivity index (χ3n) is 6.51. The maximum Gasteiger partial charge on any atom is 0.243 e. The van der Waals surface area contributed by atoms with Crippen molar-refractivity contribution < 1.29 is 9.18 Å². The van der Waals surface area contributed by atoms with E-state index in [0.29, 0.717) is 18.5 Å². The van der Waals surface area contributed by atoms with Crippen molar-refractivity contribution in [2.45, 2.75) is 37.6 Å². The van der Waals surface area contributed by atoms with Gasteiger partial charge < -0.3 is 15.1 Å². The first-order valence-corrected chi connectivity index (χ1v) is 10.4. The predicted octanol–water partition coefficient (Wildman–Crippen LogP) is 3.78. The molecule has 3 aliphatic heterocycles. The Morgan fingerprint density at radius 1 is 1.11 bits per heavy atom. The zero-order chi connectivity index (χ0) is 19.1. The van der Waals surface area contributed by atoms with Crippen molar-refractivity contribution in [1.82, 2.24) is 4.90 Å². The van der Waals surface area contributed by atoms with Crippen molar-refractivity contribution in [3.05, 3.63) is 59.4 Å². The standard InChI is InChI=1S/C23H26FN3O/c24-17-9-7-16(8-10-17)4-1-2-12-26-13-11-21-19(14-26)18-5-3-6-20-23(18)27(21)15-22(28)25-20/h3,5-10,19,21H,1-2,4,11-15H2,(H,25,28). The second-order valence-electron chi connectivity index (χ2n) is 8.27. The van der Waals surface area contributed by atoms with E-state index >= 15 is 0 Å². The monoisotopic (exact) mass is 379 g/mol. The average Bonchev–Trinajstić information content (AvgIpc) is 3.01. The zero-order valence-corrected chi connectivity index (χ0v) is 16.0. The minimum atomic E-state index is -0.165. The Morgan fingerprint density at radius 3 is 2.82 bits per heavy atom. The summed E-state index contributed by atoms with van der Waals surface area (Å²) >= 11 is 0. The Balaban J connectivity index is 1.20. The van der Waals surface area contributed by atoms with Gasteiger partial charge in [-0.2, -0.15) is 0 Å². The summed E-state index contributed by atoms with van der Waals surface area (Å²) in [7, 11) is 0. The molecule has 5 rings (SSSR count). The van der Waals surface area contributed by atoms with Crippen molar-refractivity contribution in [2.75, 3.05) is 36.4 Å². The molecule has 0 spiro atoms. The second kappa shape index (κ2) is 7.21. The Bertz CT molecular complexity index is 882. The van der Waals surface area contributed by atoms with E-state index < -0.39 is 0 Å². The third-order valence-corrected chi connectivity index (χ3v) is 6.51. The van der Waals surface area contributed by atoms with E-state index in [0.717, 1.165) is 51.0 Å². The number of halogens is 1. The van der Waals surface area contributed by atoms with Crippen LogP contribution in [0, 0.1) is 5.82 Å². The zero-order valence-electron chi connectivity index (χ0n) is 16.0. The van der Waals surface area contributed by atoms with E-state index in [1.165, 1.54) is 16.8 Å². The number of anilines is 2. The lowest BCUT2D eigenvalue weighted by Crippen LogP contribution is -2.49. The molecule has 3 aliphatic rings. The van der Waals surface area contributed by atoms with Gasteiger partial charge in [-0.15, -0.1) is 0 Å². The molecule has 4 nitrogen and oxygen atoms in total. The molecular formula is C23H26FN3O. The lowest BCUT2D eigenvalue weighted by Gasteiger charge is -2.39. The van der Waals surface area contributed by atoms with Crippen LogP contribution >= 0.6 is 0 Å². The number of fused-ring (bicyclic) bond motifs is 3. The van der Waals surface area contributed by atoms with Gasteiger partial charge >= 0.3 is 0 Å². The van der Waals surface area contributed by atoms with Gasteiger partial charge in [0.25, 0.3) is 0 Å².